The third kappa shape index (κ3) is 4.74. The van der Waals surface area contributed by atoms with Crippen LogP contribution in [0.15, 0.2) is 35.2 Å². The number of esters is 1. The molecule has 0 saturated heterocycles. The van der Waals surface area contributed by atoms with Crippen molar-refractivity contribution < 1.29 is 22.7 Å². The van der Waals surface area contributed by atoms with Gasteiger partial charge in [-0.15, -0.1) is 11.3 Å². The van der Waals surface area contributed by atoms with Gasteiger partial charge in [-0.1, -0.05) is 13.0 Å². The molecular weight excluding hydrogens is 388 g/mol. The van der Waals surface area contributed by atoms with Crippen molar-refractivity contribution in [3.05, 3.63) is 46.3 Å². The van der Waals surface area contributed by atoms with Gasteiger partial charge in [0.2, 0.25) is 10.0 Å². The number of sulfonamides is 1. The minimum absolute atomic E-state index is 0.0196. The SMILES string of the molecule is CCOC(=O)c1cc(CC)sc1NC(=O)c1cccc(S(=O)(=O)N(C)C)c1. The molecule has 1 aromatic heterocycles. The van der Waals surface area contributed by atoms with Crippen LogP contribution >= 0.6 is 11.3 Å². The average Bonchev–Trinajstić information content (AvgIpc) is 3.05. The summed E-state index contributed by atoms with van der Waals surface area (Å²) in [4.78, 5) is 25.7. The number of ether oxygens (including phenoxy) is 1. The van der Waals surface area contributed by atoms with Gasteiger partial charge < -0.3 is 10.1 Å². The number of hydrogen-bond acceptors (Lipinski definition) is 6. The Balaban J connectivity index is 2.33. The van der Waals surface area contributed by atoms with Gasteiger partial charge in [-0.25, -0.2) is 17.5 Å². The fourth-order valence-electron chi connectivity index (χ4n) is 2.25. The largest absolute Gasteiger partial charge is 0.462 e. The molecule has 1 N–H and O–H groups in total. The van der Waals surface area contributed by atoms with Gasteiger partial charge in [0.1, 0.15) is 5.00 Å². The van der Waals surface area contributed by atoms with E-state index in [1.807, 2.05) is 6.92 Å². The smallest absolute Gasteiger partial charge is 0.341 e. The van der Waals surface area contributed by atoms with Crippen LogP contribution in [0.2, 0.25) is 0 Å². The Kier molecular flexibility index (Phi) is 6.74. The van der Waals surface area contributed by atoms with Crippen LogP contribution in [-0.2, 0) is 21.2 Å². The molecule has 27 heavy (non-hydrogen) atoms. The maximum absolute atomic E-state index is 12.6. The molecule has 0 aliphatic carbocycles. The van der Waals surface area contributed by atoms with Gasteiger partial charge in [0.05, 0.1) is 17.1 Å². The van der Waals surface area contributed by atoms with Gasteiger partial charge in [-0.3, -0.25) is 4.79 Å². The van der Waals surface area contributed by atoms with Gasteiger partial charge >= 0.3 is 5.97 Å². The topological polar surface area (TPSA) is 92.8 Å². The quantitative estimate of drug-likeness (QED) is 0.709. The number of aryl methyl sites for hydroxylation is 1. The van der Waals surface area contributed by atoms with Crippen LogP contribution in [0.25, 0.3) is 0 Å². The third-order valence-electron chi connectivity index (χ3n) is 3.73. The molecule has 0 aliphatic heterocycles. The summed E-state index contributed by atoms with van der Waals surface area (Å²) in [6.07, 6.45) is 0.712. The molecule has 7 nitrogen and oxygen atoms in total. The molecule has 1 amide bonds. The fraction of sp³-hybridized carbons (Fsp3) is 0.333. The van der Waals surface area contributed by atoms with E-state index in [0.29, 0.717) is 17.0 Å². The summed E-state index contributed by atoms with van der Waals surface area (Å²) in [7, 11) is -0.808. The minimum atomic E-state index is -3.65. The van der Waals surface area contributed by atoms with Crippen LogP contribution in [0.4, 0.5) is 5.00 Å². The van der Waals surface area contributed by atoms with Crippen LogP contribution in [0, 0.1) is 0 Å². The van der Waals surface area contributed by atoms with Crippen molar-refractivity contribution in [2.24, 2.45) is 0 Å². The minimum Gasteiger partial charge on any atom is -0.462 e. The first-order chi connectivity index (χ1) is 12.7. The van der Waals surface area contributed by atoms with Crippen molar-refractivity contribution in [3.8, 4) is 0 Å². The van der Waals surface area contributed by atoms with Crippen LogP contribution in [0.5, 0.6) is 0 Å². The highest BCUT2D eigenvalue weighted by atomic mass is 32.2. The lowest BCUT2D eigenvalue weighted by molar-refractivity contribution is 0.0528. The second-order valence-corrected chi connectivity index (χ2v) is 9.09. The van der Waals surface area contributed by atoms with Crippen molar-refractivity contribution >= 4 is 38.2 Å². The van der Waals surface area contributed by atoms with Crippen molar-refractivity contribution in [2.75, 3.05) is 26.0 Å². The van der Waals surface area contributed by atoms with Gasteiger partial charge in [-0.05, 0) is 37.6 Å². The molecule has 0 spiro atoms. The van der Waals surface area contributed by atoms with E-state index in [4.69, 9.17) is 4.74 Å². The van der Waals surface area contributed by atoms with E-state index >= 15 is 0 Å². The van der Waals surface area contributed by atoms with E-state index in [9.17, 15) is 18.0 Å². The maximum atomic E-state index is 12.6. The van der Waals surface area contributed by atoms with Crippen molar-refractivity contribution in [2.45, 2.75) is 25.2 Å². The molecule has 2 aromatic rings. The van der Waals surface area contributed by atoms with Gasteiger partial charge in [0, 0.05) is 24.5 Å². The van der Waals surface area contributed by atoms with Crippen LogP contribution in [0.3, 0.4) is 0 Å². The molecule has 0 saturated carbocycles. The number of anilines is 1. The molecule has 0 radical (unpaired) electrons. The average molecular weight is 411 g/mol. The molecular formula is C18H22N2O5S2. The molecule has 0 unspecified atom stereocenters. The van der Waals surface area contributed by atoms with Gasteiger partial charge in [-0.2, -0.15) is 0 Å². The summed E-state index contributed by atoms with van der Waals surface area (Å²) in [5.41, 5.74) is 0.475. The molecule has 9 heteroatoms. The van der Waals surface area contributed by atoms with E-state index in [2.05, 4.69) is 5.32 Å². The van der Waals surface area contributed by atoms with Crippen molar-refractivity contribution in [1.29, 1.82) is 0 Å². The number of thiophene rings is 1. The Morgan fingerprint density at radius 3 is 2.48 bits per heavy atom. The van der Waals surface area contributed by atoms with Crippen LogP contribution < -0.4 is 5.32 Å². The number of benzene rings is 1. The number of nitrogens with one attached hydrogen (secondary N) is 1. The van der Waals surface area contributed by atoms with E-state index in [-0.39, 0.29) is 17.1 Å². The number of hydrogen-bond donors (Lipinski definition) is 1. The van der Waals surface area contributed by atoms with E-state index in [1.165, 1.54) is 49.7 Å². The number of amides is 1. The molecule has 2 rings (SSSR count). The Morgan fingerprint density at radius 1 is 1.19 bits per heavy atom. The Morgan fingerprint density at radius 2 is 1.89 bits per heavy atom. The highest BCUT2D eigenvalue weighted by molar-refractivity contribution is 7.89. The predicted molar refractivity (Wildman–Crippen MR) is 105 cm³/mol. The summed E-state index contributed by atoms with van der Waals surface area (Å²) in [6.45, 7) is 3.88. The summed E-state index contributed by atoms with van der Waals surface area (Å²) < 4.78 is 30.6. The lowest BCUT2D eigenvalue weighted by atomic mass is 10.2. The molecule has 1 aromatic carbocycles. The zero-order chi connectivity index (χ0) is 20.2. The second-order valence-electron chi connectivity index (χ2n) is 5.80. The zero-order valence-electron chi connectivity index (χ0n) is 15.6. The van der Waals surface area contributed by atoms with E-state index in [1.54, 1.807) is 13.0 Å². The molecule has 146 valence electrons. The van der Waals surface area contributed by atoms with E-state index in [0.717, 1.165) is 9.18 Å². The van der Waals surface area contributed by atoms with Gasteiger partial charge in [0.25, 0.3) is 5.91 Å². The van der Waals surface area contributed by atoms with Crippen LogP contribution in [0.1, 0.15) is 39.4 Å². The standard InChI is InChI=1S/C18H22N2O5S2/c1-5-13-11-15(18(22)25-6-2)17(26-13)19-16(21)12-8-7-9-14(10-12)27(23,24)20(3)4/h7-11H,5-6H2,1-4H3,(H,19,21). The molecule has 0 bridgehead atoms. The third-order valence-corrected chi connectivity index (χ3v) is 6.73. The molecule has 0 atom stereocenters. The first-order valence-electron chi connectivity index (χ1n) is 8.34. The summed E-state index contributed by atoms with van der Waals surface area (Å²) >= 11 is 1.29. The zero-order valence-corrected chi connectivity index (χ0v) is 17.2. The Hall–Kier alpha value is -2.23. The summed E-state index contributed by atoms with van der Waals surface area (Å²) in [5.74, 6) is -1.01. The predicted octanol–water partition coefficient (Wildman–Crippen LogP) is 2.99. The molecule has 0 aliphatic rings. The monoisotopic (exact) mass is 410 g/mol. The van der Waals surface area contributed by atoms with Gasteiger partial charge in [0.15, 0.2) is 0 Å². The maximum Gasteiger partial charge on any atom is 0.341 e. The molecule has 0 fully saturated rings. The summed E-state index contributed by atoms with van der Waals surface area (Å²) in [5, 5.41) is 3.08. The number of rotatable bonds is 7. The summed E-state index contributed by atoms with van der Waals surface area (Å²) in [6, 6.07) is 7.45. The highest BCUT2D eigenvalue weighted by Gasteiger charge is 2.21. The van der Waals surface area contributed by atoms with Crippen molar-refractivity contribution in [3.63, 3.8) is 0 Å². The van der Waals surface area contributed by atoms with Crippen molar-refractivity contribution in [1.82, 2.24) is 4.31 Å². The Labute approximate surface area is 163 Å². The second kappa shape index (κ2) is 8.64. The normalized spacial score (nSPS) is 11.4. The lowest BCUT2D eigenvalue weighted by Crippen LogP contribution is -2.22. The van der Waals surface area contributed by atoms with Crippen LogP contribution in [-0.4, -0.2) is 45.3 Å². The number of nitrogens with zero attached hydrogens (tertiary/aromatic N) is 1. The van der Waals surface area contributed by atoms with E-state index < -0.39 is 21.9 Å². The first-order valence-corrected chi connectivity index (χ1v) is 10.6. The lowest BCUT2D eigenvalue weighted by Gasteiger charge is -2.12. The number of carbonyl (C=O) groups excluding carboxylic acids is 2. The first kappa shape index (κ1) is 21.1. The Bertz CT molecular complexity index is 948. The highest BCUT2D eigenvalue weighted by Crippen LogP contribution is 2.30. The number of carbonyl (C=O) groups is 2. The fourth-order valence-corrected chi connectivity index (χ4v) is 4.18. The molecule has 1 heterocycles.